The van der Waals surface area contributed by atoms with E-state index in [2.05, 4.69) is 33.0 Å². The van der Waals surface area contributed by atoms with Gasteiger partial charge in [-0.15, -0.1) is 0 Å². The summed E-state index contributed by atoms with van der Waals surface area (Å²) in [5.74, 6) is 0. The van der Waals surface area contributed by atoms with Gasteiger partial charge < -0.3 is 15.2 Å². The Morgan fingerprint density at radius 3 is 2.48 bits per heavy atom. The first kappa shape index (κ1) is 18.9. The molecule has 3 nitrogen and oxygen atoms in total. The molecule has 1 unspecified atom stereocenters. The van der Waals surface area contributed by atoms with Crippen molar-refractivity contribution in [2.24, 2.45) is 5.41 Å². The van der Waals surface area contributed by atoms with Gasteiger partial charge in [-0.2, -0.15) is 0 Å². The standard InChI is InChI=1S/C18H37NO2/c1-5-13-19-18(4,15-20)10-6-7-14-21-16-8-11-17(2,3)12-9-16/h16,19-20H,5-15H2,1-4H3. The van der Waals surface area contributed by atoms with E-state index in [9.17, 15) is 5.11 Å². The molecule has 0 amide bonds. The first-order valence-corrected chi connectivity index (χ1v) is 8.88. The Morgan fingerprint density at radius 1 is 1.24 bits per heavy atom. The molecule has 0 bridgehead atoms. The van der Waals surface area contributed by atoms with Crippen LogP contribution in [0.4, 0.5) is 0 Å². The second-order valence-electron chi connectivity index (χ2n) is 7.84. The van der Waals surface area contributed by atoms with Crippen LogP contribution in [0.15, 0.2) is 0 Å². The fourth-order valence-corrected chi connectivity index (χ4v) is 3.06. The summed E-state index contributed by atoms with van der Waals surface area (Å²) >= 11 is 0. The van der Waals surface area contributed by atoms with Gasteiger partial charge in [0.05, 0.1) is 12.7 Å². The molecule has 1 rings (SSSR count). The molecule has 0 aromatic carbocycles. The highest BCUT2D eigenvalue weighted by atomic mass is 16.5. The second kappa shape index (κ2) is 9.12. The van der Waals surface area contributed by atoms with Gasteiger partial charge >= 0.3 is 0 Å². The zero-order valence-electron chi connectivity index (χ0n) is 14.7. The molecule has 126 valence electrons. The minimum absolute atomic E-state index is 0.120. The predicted molar refractivity (Wildman–Crippen MR) is 89.6 cm³/mol. The van der Waals surface area contributed by atoms with Crippen LogP contribution in [-0.4, -0.2) is 36.5 Å². The van der Waals surface area contributed by atoms with E-state index in [1.54, 1.807) is 0 Å². The number of hydrogen-bond donors (Lipinski definition) is 2. The Bertz CT molecular complexity index is 270. The van der Waals surface area contributed by atoms with Gasteiger partial charge in [-0.3, -0.25) is 0 Å². The Morgan fingerprint density at radius 2 is 1.90 bits per heavy atom. The number of ether oxygens (including phenoxy) is 1. The van der Waals surface area contributed by atoms with Gasteiger partial charge in [-0.25, -0.2) is 0 Å². The van der Waals surface area contributed by atoms with Crippen LogP contribution >= 0.6 is 0 Å². The van der Waals surface area contributed by atoms with Crippen LogP contribution in [0.25, 0.3) is 0 Å². The van der Waals surface area contributed by atoms with E-state index in [0.717, 1.165) is 38.8 Å². The minimum atomic E-state index is -0.120. The van der Waals surface area contributed by atoms with Crippen molar-refractivity contribution in [1.29, 1.82) is 0 Å². The van der Waals surface area contributed by atoms with Crippen LogP contribution < -0.4 is 5.32 Å². The average molecular weight is 299 g/mol. The third-order valence-corrected chi connectivity index (χ3v) is 4.91. The molecule has 1 saturated carbocycles. The van der Waals surface area contributed by atoms with Gasteiger partial charge in [-0.05, 0) is 70.3 Å². The highest BCUT2D eigenvalue weighted by molar-refractivity contribution is 4.82. The van der Waals surface area contributed by atoms with Crippen LogP contribution in [-0.2, 0) is 4.74 Å². The summed E-state index contributed by atoms with van der Waals surface area (Å²) in [7, 11) is 0. The van der Waals surface area contributed by atoms with Crippen LogP contribution in [0.5, 0.6) is 0 Å². The molecule has 0 aromatic rings. The SMILES string of the molecule is CCCNC(C)(CO)CCCCOC1CCC(C)(C)CC1. The van der Waals surface area contributed by atoms with Gasteiger partial charge in [-0.1, -0.05) is 20.8 Å². The van der Waals surface area contributed by atoms with E-state index in [1.807, 2.05) is 0 Å². The molecule has 0 aromatic heterocycles. The van der Waals surface area contributed by atoms with Crippen LogP contribution in [0.3, 0.4) is 0 Å². The molecule has 1 atom stereocenters. The summed E-state index contributed by atoms with van der Waals surface area (Å²) in [6, 6.07) is 0. The Labute approximate surface area is 131 Å². The average Bonchev–Trinajstić information content (AvgIpc) is 2.46. The molecular formula is C18H37NO2. The molecule has 1 fully saturated rings. The van der Waals surface area contributed by atoms with E-state index in [1.165, 1.54) is 25.7 Å². The number of aliphatic hydroxyl groups is 1. The van der Waals surface area contributed by atoms with E-state index >= 15 is 0 Å². The minimum Gasteiger partial charge on any atom is -0.394 e. The van der Waals surface area contributed by atoms with E-state index in [0.29, 0.717) is 11.5 Å². The largest absolute Gasteiger partial charge is 0.394 e. The molecule has 0 aliphatic heterocycles. The molecular weight excluding hydrogens is 262 g/mol. The molecule has 0 saturated heterocycles. The summed E-state index contributed by atoms with van der Waals surface area (Å²) in [6.45, 7) is 11.1. The third kappa shape index (κ3) is 7.62. The quantitative estimate of drug-likeness (QED) is 0.601. The number of unbranched alkanes of at least 4 members (excludes halogenated alkanes) is 1. The van der Waals surface area contributed by atoms with Gasteiger partial charge in [0, 0.05) is 12.1 Å². The molecule has 1 aliphatic carbocycles. The first-order valence-electron chi connectivity index (χ1n) is 8.88. The highest BCUT2D eigenvalue weighted by Gasteiger charge is 2.27. The van der Waals surface area contributed by atoms with Gasteiger partial charge in [0.2, 0.25) is 0 Å². The van der Waals surface area contributed by atoms with Crippen molar-refractivity contribution in [3.05, 3.63) is 0 Å². The maximum Gasteiger partial charge on any atom is 0.0610 e. The Balaban J connectivity index is 2.08. The van der Waals surface area contributed by atoms with Crippen molar-refractivity contribution in [2.45, 2.75) is 90.7 Å². The number of nitrogens with one attached hydrogen (secondary N) is 1. The van der Waals surface area contributed by atoms with Crippen molar-refractivity contribution in [3.63, 3.8) is 0 Å². The van der Waals surface area contributed by atoms with E-state index in [4.69, 9.17) is 4.74 Å². The first-order chi connectivity index (χ1) is 9.91. The summed E-state index contributed by atoms with van der Waals surface area (Å²) < 4.78 is 6.02. The van der Waals surface area contributed by atoms with Crippen molar-refractivity contribution in [2.75, 3.05) is 19.8 Å². The van der Waals surface area contributed by atoms with Crippen molar-refractivity contribution in [3.8, 4) is 0 Å². The van der Waals surface area contributed by atoms with Crippen LogP contribution in [0.2, 0.25) is 0 Å². The van der Waals surface area contributed by atoms with E-state index < -0.39 is 0 Å². The Kier molecular flexibility index (Phi) is 8.22. The molecule has 0 radical (unpaired) electrons. The lowest BCUT2D eigenvalue weighted by molar-refractivity contribution is 0.00198. The van der Waals surface area contributed by atoms with Crippen molar-refractivity contribution in [1.82, 2.24) is 5.32 Å². The normalized spacial score (nSPS) is 22.1. The number of hydrogen-bond acceptors (Lipinski definition) is 3. The van der Waals surface area contributed by atoms with Crippen LogP contribution in [0.1, 0.15) is 79.1 Å². The lowest BCUT2D eigenvalue weighted by Crippen LogP contribution is -2.46. The molecule has 1 aliphatic rings. The lowest BCUT2D eigenvalue weighted by Gasteiger charge is -2.34. The maximum absolute atomic E-state index is 9.53. The van der Waals surface area contributed by atoms with Crippen LogP contribution in [0, 0.1) is 5.41 Å². The summed E-state index contributed by atoms with van der Waals surface area (Å²) in [6.07, 6.45) is 9.86. The summed E-state index contributed by atoms with van der Waals surface area (Å²) in [5.41, 5.74) is 0.401. The smallest absolute Gasteiger partial charge is 0.0610 e. The molecule has 0 heterocycles. The fourth-order valence-electron chi connectivity index (χ4n) is 3.06. The maximum atomic E-state index is 9.53. The Hall–Kier alpha value is -0.120. The van der Waals surface area contributed by atoms with Gasteiger partial charge in [0.25, 0.3) is 0 Å². The monoisotopic (exact) mass is 299 g/mol. The zero-order valence-corrected chi connectivity index (χ0v) is 14.7. The van der Waals surface area contributed by atoms with Crippen molar-refractivity contribution >= 4 is 0 Å². The van der Waals surface area contributed by atoms with Crippen molar-refractivity contribution < 1.29 is 9.84 Å². The topological polar surface area (TPSA) is 41.5 Å². The molecule has 0 spiro atoms. The molecule has 21 heavy (non-hydrogen) atoms. The molecule has 2 N–H and O–H groups in total. The van der Waals surface area contributed by atoms with Gasteiger partial charge in [0.15, 0.2) is 0 Å². The number of aliphatic hydroxyl groups excluding tert-OH is 1. The summed E-state index contributed by atoms with van der Waals surface area (Å²) in [5, 5.41) is 13.0. The molecule has 3 heteroatoms. The zero-order chi connectivity index (χ0) is 15.8. The van der Waals surface area contributed by atoms with E-state index in [-0.39, 0.29) is 12.1 Å². The second-order valence-corrected chi connectivity index (χ2v) is 7.84. The predicted octanol–water partition coefficient (Wildman–Crippen LogP) is 3.89. The third-order valence-electron chi connectivity index (χ3n) is 4.91. The number of rotatable bonds is 10. The highest BCUT2D eigenvalue weighted by Crippen LogP contribution is 2.36. The fraction of sp³-hybridized carbons (Fsp3) is 1.00. The summed E-state index contributed by atoms with van der Waals surface area (Å²) in [4.78, 5) is 0. The lowest BCUT2D eigenvalue weighted by atomic mass is 9.76. The van der Waals surface area contributed by atoms with Gasteiger partial charge in [0.1, 0.15) is 0 Å².